The van der Waals surface area contributed by atoms with Gasteiger partial charge in [0, 0.05) is 31.5 Å². The largest absolute Gasteiger partial charge is 0.380 e. The van der Waals surface area contributed by atoms with Crippen molar-refractivity contribution in [1.29, 1.82) is 0 Å². The van der Waals surface area contributed by atoms with Gasteiger partial charge in [0.25, 0.3) is 0 Å². The van der Waals surface area contributed by atoms with Gasteiger partial charge in [0.15, 0.2) is 5.82 Å². The second-order valence-electron chi connectivity index (χ2n) is 8.22. The monoisotopic (exact) mass is 368 g/mol. The third kappa shape index (κ3) is 4.25. The van der Waals surface area contributed by atoms with E-state index in [9.17, 15) is 0 Å². The fraction of sp³-hybridized carbons (Fsp3) is 0.636. The van der Waals surface area contributed by atoms with Gasteiger partial charge < -0.3 is 10.5 Å². The van der Waals surface area contributed by atoms with Gasteiger partial charge >= 0.3 is 0 Å². The highest BCUT2D eigenvalue weighted by molar-refractivity contribution is 5.15. The predicted molar refractivity (Wildman–Crippen MR) is 107 cm³/mol. The van der Waals surface area contributed by atoms with E-state index in [0.717, 1.165) is 43.9 Å². The summed E-state index contributed by atoms with van der Waals surface area (Å²) in [6.45, 7) is 0.887. The van der Waals surface area contributed by atoms with E-state index >= 15 is 0 Å². The maximum atomic E-state index is 6.38. The first-order chi connectivity index (χ1) is 13.2. The number of aryl methyl sites for hydroxylation is 2. The Kier molecular flexibility index (Phi) is 5.89. The molecule has 0 amide bonds. The van der Waals surface area contributed by atoms with Gasteiger partial charge in [-0.05, 0) is 44.1 Å². The van der Waals surface area contributed by atoms with E-state index in [1.165, 1.54) is 31.2 Å². The Bertz CT molecular complexity index is 723. The number of aromatic nitrogens is 3. The first-order valence-corrected chi connectivity index (χ1v) is 10.5. The molecule has 1 aromatic carbocycles. The number of nitrogens with zero attached hydrogens (tertiary/aromatic N) is 3. The molecule has 0 spiro atoms. The number of hydrogen-bond donors (Lipinski definition) is 1. The molecule has 146 valence electrons. The summed E-state index contributed by atoms with van der Waals surface area (Å²) < 4.78 is 7.73. The van der Waals surface area contributed by atoms with Crippen molar-refractivity contribution in [2.24, 2.45) is 5.73 Å². The summed E-state index contributed by atoms with van der Waals surface area (Å²) in [7, 11) is 1.77. The fourth-order valence-electron chi connectivity index (χ4n) is 4.78. The van der Waals surface area contributed by atoms with E-state index in [1.54, 1.807) is 7.11 Å². The summed E-state index contributed by atoms with van der Waals surface area (Å²) in [5.41, 5.74) is 7.73. The molecule has 1 aromatic heterocycles. The highest BCUT2D eigenvalue weighted by Crippen LogP contribution is 2.36. The van der Waals surface area contributed by atoms with Gasteiger partial charge in [-0.15, -0.1) is 0 Å². The number of methoxy groups -OCH3 is 1. The first-order valence-electron chi connectivity index (χ1n) is 10.5. The topological polar surface area (TPSA) is 66.0 Å². The van der Waals surface area contributed by atoms with Gasteiger partial charge in [-0.25, -0.2) is 9.67 Å². The van der Waals surface area contributed by atoms with E-state index < -0.39 is 0 Å². The Labute approximate surface area is 162 Å². The lowest BCUT2D eigenvalue weighted by Crippen LogP contribution is -2.41. The van der Waals surface area contributed by atoms with Crippen LogP contribution in [0.2, 0.25) is 0 Å². The van der Waals surface area contributed by atoms with Gasteiger partial charge in [0.05, 0.1) is 6.10 Å². The molecular weight excluding hydrogens is 336 g/mol. The third-order valence-corrected chi connectivity index (χ3v) is 6.39. The molecule has 0 unspecified atom stereocenters. The lowest BCUT2D eigenvalue weighted by Gasteiger charge is -2.32. The van der Waals surface area contributed by atoms with Crippen molar-refractivity contribution in [3.8, 4) is 0 Å². The molecule has 5 nitrogen and oxygen atoms in total. The molecule has 0 radical (unpaired) electrons. The molecule has 0 saturated heterocycles. The average molecular weight is 369 g/mol. The lowest BCUT2D eigenvalue weighted by molar-refractivity contribution is 0.0479. The Morgan fingerprint density at radius 3 is 2.56 bits per heavy atom. The number of rotatable bonds is 6. The van der Waals surface area contributed by atoms with Crippen molar-refractivity contribution in [3.63, 3.8) is 0 Å². The lowest BCUT2D eigenvalue weighted by atomic mass is 9.83. The molecular formula is C22H32N4O. The van der Waals surface area contributed by atoms with Gasteiger partial charge in [-0.3, -0.25) is 0 Å². The smallest absolute Gasteiger partial charge is 0.154 e. The number of nitrogens with two attached hydrogens (primary N) is 1. The summed E-state index contributed by atoms with van der Waals surface area (Å²) in [5, 5.41) is 4.98. The van der Waals surface area contributed by atoms with E-state index in [2.05, 4.69) is 35.0 Å². The van der Waals surface area contributed by atoms with Crippen molar-refractivity contribution >= 4 is 0 Å². The van der Waals surface area contributed by atoms with Crippen LogP contribution in [-0.2, 0) is 17.7 Å². The van der Waals surface area contributed by atoms with Gasteiger partial charge in [0.2, 0.25) is 0 Å². The van der Waals surface area contributed by atoms with Gasteiger partial charge in [0.1, 0.15) is 5.82 Å². The molecule has 0 aliphatic heterocycles. The molecule has 2 aromatic rings. The second kappa shape index (κ2) is 8.53. The molecule has 4 rings (SSSR count). The van der Waals surface area contributed by atoms with Crippen molar-refractivity contribution in [1.82, 2.24) is 14.8 Å². The highest BCUT2D eigenvalue weighted by Gasteiger charge is 2.33. The zero-order valence-corrected chi connectivity index (χ0v) is 16.4. The molecule has 5 heteroatoms. The summed E-state index contributed by atoms with van der Waals surface area (Å²) in [6, 6.07) is 10.7. The molecule has 0 bridgehead atoms. The molecule has 27 heavy (non-hydrogen) atoms. The second-order valence-corrected chi connectivity index (χ2v) is 8.22. The predicted octanol–water partition coefficient (Wildman–Crippen LogP) is 3.79. The van der Waals surface area contributed by atoms with E-state index in [1.807, 2.05) is 0 Å². The zero-order valence-electron chi connectivity index (χ0n) is 16.4. The highest BCUT2D eigenvalue weighted by atomic mass is 16.5. The number of hydrogen-bond acceptors (Lipinski definition) is 4. The van der Waals surface area contributed by atoms with Crippen LogP contribution >= 0.6 is 0 Å². The first kappa shape index (κ1) is 18.6. The van der Waals surface area contributed by atoms with Crippen LogP contribution in [0.5, 0.6) is 0 Å². The van der Waals surface area contributed by atoms with Crippen LogP contribution in [0.25, 0.3) is 0 Å². The molecule has 3 atom stereocenters. The van der Waals surface area contributed by atoms with E-state index in [-0.39, 0.29) is 12.1 Å². The normalized spacial score (nSPS) is 26.5. The van der Waals surface area contributed by atoms with Crippen molar-refractivity contribution in [3.05, 3.63) is 47.5 Å². The van der Waals surface area contributed by atoms with E-state index in [0.29, 0.717) is 11.8 Å². The number of benzene rings is 1. The van der Waals surface area contributed by atoms with Crippen LogP contribution in [0, 0.1) is 0 Å². The molecule has 2 fully saturated rings. The fourth-order valence-corrected chi connectivity index (χ4v) is 4.78. The Balaban J connectivity index is 1.54. The van der Waals surface area contributed by atoms with Crippen molar-refractivity contribution in [2.45, 2.75) is 81.9 Å². The molecule has 2 saturated carbocycles. The summed E-state index contributed by atoms with van der Waals surface area (Å²) >= 11 is 0. The number of ether oxygens (including phenoxy) is 1. The molecule has 1 heterocycles. The molecule has 2 aliphatic rings. The average Bonchev–Trinajstić information content (AvgIpc) is 3.37. The Hall–Kier alpha value is -1.72. The molecule has 2 aliphatic carbocycles. The van der Waals surface area contributed by atoms with Crippen LogP contribution in [0.1, 0.15) is 74.0 Å². The summed E-state index contributed by atoms with van der Waals surface area (Å²) in [4.78, 5) is 5.07. The standard InChI is InChI=1S/C22H32N4O/c1-27-20-12-11-18(15-19(20)23)22-24-21(17-9-5-6-10-17)25-26(22)14-13-16-7-3-2-4-8-16/h2-4,7-8,17-20H,5-6,9-15,23H2,1H3/t18-,19+,20+/m0/s1. The third-order valence-electron chi connectivity index (χ3n) is 6.39. The maximum absolute atomic E-state index is 6.38. The van der Waals surface area contributed by atoms with Crippen molar-refractivity contribution < 1.29 is 4.74 Å². The maximum Gasteiger partial charge on any atom is 0.154 e. The Morgan fingerprint density at radius 2 is 1.85 bits per heavy atom. The van der Waals surface area contributed by atoms with Gasteiger partial charge in [-0.2, -0.15) is 5.10 Å². The van der Waals surface area contributed by atoms with Crippen molar-refractivity contribution in [2.75, 3.05) is 7.11 Å². The SMILES string of the molecule is CO[C@@H]1CC[C@H](c2nc(C3CCCC3)nn2CCc2ccccc2)C[C@H]1N. The minimum atomic E-state index is 0.0861. The quantitative estimate of drug-likeness (QED) is 0.842. The van der Waals surface area contributed by atoms with Crippen LogP contribution in [0.15, 0.2) is 30.3 Å². The van der Waals surface area contributed by atoms with Crippen LogP contribution in [-0.4, -0.2) is 34.0 Å². The summed E-state index contributed by atoms with van der Waals surface area (Å²) in [5.74, 6) is 3.16. The van der Waals surface area contributed by atoms with Crippen LogP contribution in [0.3, 0.4) is 0 Å². The Morgan fingerprint density at radius 1 is 1.07 bits per heavy atom. The van der Waals surface area contributed by atoms with E-state index in [4.69, 9.17) is 20.6 Å². The zero-order chi connectivity index (χ0) is 18.6. The van der Waals surface area contributed by atoms with Gasteiger partial charge in [-0.1, -0.05) is 43.2 Å². The van der Waals surface area contributed by atoms with Crippen LogP contribution in [0.4, 0.5) is 0 Å². The van der Waals surface area contributed by atoms with Crippen LogP contribution < -0.4 is 5.73 Å². The minimum absolute atomic E-state index is 0.0861. The summed E-state index contributed by atoms with van der Waals surface area (Å²) in [6.07, 6.45) is 9.28. The molecule has 2 N–H and O–H groups in total. The minimum Gasteiger partial charge on any atom is -0.380 e.